The Morgan fingerprint density at radius 2 is 2.39 bits per heavy atom. The van der Waals surface area contributed by atoms with E-state index in [1.807, 2.05) is 0 Å². The maximum Gasteiger partial charge on any atom is 0.255 e. The zero-order chi connectivity index (χ0) is 13.0. The Kier molecular flexibility index (Phi) is 4.04. The van der Waals surface area contributed by atoms with E-state index in [1.165, 1.54) is 7.11 Å². The van der Waals surface area contributed by atoms with Crippen LogP contribution in [-0.4, -0.2) is 37.3 Å². The first kappa shape index (κ1) is 12.7. The molecule has 98 valence electrons. The van der Waals surface area contributed by atoms with E-state index in [0.29, 0.717) is 5.75 Å². The molecular formula is C13H18N2O3. The van der Waals surface area contributed by atoms with Gasteiger partial charge in [-0.2, -0.15) is 0 Å². The van der Waals surface area contributed by atoms with Gasteiger partial charge >= 0.3 is 0 Å². The lowest BCUT2D eigenvalue weighted by molar-refractivity contribution is 0.0927. The number of hydrogen-bond donors (Lipinski definition) is 3. The van der Waals surface area contributed by atoms with E-state index in [2.05, 4.69) is 10.6 Å². The van der Waals surface area contributed by atoms with Crippen LogP contribution in [0.15, 0.2) is 18.2 Å². The van der Waals surface area contributed by atoms with Crippen LogP contribution in [0.5, 0.6) is 11.5 Å². The predicted octanol–water partition coefficient (Wildman–Crippen LogP) is 0.883. The second kappa shape index (κ2) is 5.73. The molecule has 1 fully saturated rings. The molecule has 5 heteroatoms. The van der Waals surface area contributed by atoms with Gasteiger partial charge in [0.1, 0.15) is 0 Å². The third-order valence-electron chi connectivity index (χ3n) is 3.10. The van der Waals surface area contributed by atoms with Gasteiger partial charge in [0.2, 0.25) is 0 Å². The zero-order valence-corrected chi connectivity index (χ0v) is 10.4. The Hall–Kier alpha value is -1.75. The number of ether oxygens (including phenoxy) is 1. The number of rotatable bonds is 3. The molecule has 0 spiro atoms. The number of phenols is 1. The molecule has 1 aromatic rings. The minimum absolute atomic E-state index is 0.110. The van der Waals surface area contributed by atoms with Crippen LogP contribution >= 0.6 is 0 Å². The van der Waals surface area contributed by atoms with Gasteiger partial charge in [-0.15, -0.1) is 0 Å². The zero-order valence-electron chi connectivity index (χ0n) is 10.4. The van der Waals surface area contributed by atoms with Crippen molar-refractivity contribution in [1.29, 1.82) is 0 Å². The molecule has 0 saturated carbocycles. The van der Waals surface area contributed by atoms with Crippen LogP contribution in [-0.2, 0) is 0 Å². The number of methoxy groups -OCH3 is 1. The van der Waals surface area contributed by atoms with Gasteiger partial charge in [0.05, 0.1) is 12.7 Å². The van der Waals surface area contributed by atoms with Crippen molar-refractivity contribution in [1.82, 2.24) is 10.6 Å². The van der Waals surface area contributed by atoms with Gasteiger partial charge in [0.25, 0.3) is 5.91 Å². The van der Waals surface area contributed by atoms with Crippen LogP contribution in [0.1, 0.15) is 23.2 Å². The summed E-state index contributed by atoms with van der Waals surface area (Å²) in [7, 11) is 1.46. The molecule has 5 nitrogen and oxygen atoms in total. The summed E-state index contributed by atoms with van der Waals surface area (Å²) in [5.41, 5.74) is 0.250. The molecule has 1 heterocycles. The normalized spacial score (nSPS) is 19.3. The van der Waals surface area contributed by atoms with Gasteiger partial charge in [-0.3, -0.25) is 4.79 Å². The fourth-order valence-electron chi connectivity index (χ4n) is 2.11. The number of carbonyl (C=O) groups excluding carboxylic acids is 1. The van der Waals surface area contributed by atoms with Gasteiger partial charge in [-0.1, -0.05) is 6.07 Å². The first-order valence-electron chi connectivity index (χ1n) is 6.10. The molecule has 3 N–H and O–H groups in total. The van der Waals surface area contributed by atoms with Crippen molar-refractivity contribution in [2.45, 2.75) is 18.9 Å². The van der Waals surface area contributed by atoms with E-state index >= 15 is 0 Å². The Labute approximate surface area is 106 Å². The van der Waals surface area contributed by atoms with E-state index in [0.717, 1.165) is 25.9 Å². The van der Waals surface area contributed by atoms with Crippen LogP contribution in [0.3, 0.4) is 0 Å². The molecular weight excluding hydrogens is 232 g/mol. The summed E-state index contributed by atoms with van der Waals surface area (Å²) in [5, 5.41) is 16.0. The standard InChI is InChI=1S/C13H18N2O3/c1-18-11-6-2-5-10(12(11)16)13(17)15-9-4-3-7-14-8-9/h2,5-6,9,14,16H,3-4,7-8H2,1H3,(H,15,17)/t9-/m0/s1. The minimum atomic E-state index is -0.264. The first-order chi connectivity index (χ1) is 8.72. The molecule has 0 radical (unpaired) electrons. The van der Waals surface area contributed by atoms with E-state index in [9.17, 15) is 9.90 Å². The highest BCUT2D eigenvalue weighted by Crippen LogP contribution is 2.29. The SMILES string of the molecule is COc1cccc(C(=O)N[C@H]2CCCNC2)c1O. The fraction of sp³-hybridized carbons (Fsp3) is 0.462. The monoisotopic (exact) mass is 250 g/mol. The lowest BCUT2D eigenvalue weighted by Crippen LogP contribution is -2.45. The van der Waals surface area contributed by atoms with Crippen molar-refractivity contribution < 1.29 is 14.6 Å². The average molecular weight is 250 g/mol. The van der Waals surface area contributed by atoms with Gasteiger partial charge < -0.3 is 20.5 Å². The van der Waals surface area contributed by atoms with Gasteiger partial charge in [0, 0.05) is 12.6 Å². The average Bonchev–Trinajstić information content (AvgIpc) is 2.40. The van der Waals surface area contributed by atoms with Gasteiger partial charge in [-0.25, -0.2) is 0 Å². The third-order valence-corrected chi connectivity index (χ3v) is 3.10. The smallest absolute Gasteiger partial charge is 0.255 e. The number of nitrogens with one attached hydrogen (secondary N) is 2. The summed E-state index contributed by atoms with van der Waals surface area (Å²) >= 11 is 0. The Bertz CT molecular complexity index is 428. The summed E-state index contributed by atoms with van der Waals surface area (Å²) in [6.07, 6.45) is 2.01. The largest absolute Gasteiger partial charge is 0.504 e. The highest BCUT2D eigenvalue weighted by molar-refractivity contribution is 5.97. The second-order valence-electron chi connectivity index (χ2n) is 4.37. The van der Waals surface area contributed by atoms with E-state index in [1.54, 1.807) is 18.2 Å². The lowest BCUT2D eigenvalue weighted by Gasteiger charge is -2.24. The minimum Gasteiger partial charge on any atom is -0.504 e. The summed E-state index contributed by atoms with van der Waals surface area (Å²) < 4.78 is 4.98. The van der Waals surface area contributed by atoms with Crippen molar-refractivity contribution in [3.05, 3.63) is 23.8 Å². The van der Waals surface area contributed by atoms with Crippen molar-refractivity contribution in [3.63, 3.8) is 0 Å². The molecule has 1 aliphatic rings. The predicted molar refractivity (Wildman–Crippen MR) is 68.0 cm³/mol. The number of carbonyl (C=O) groups is 1. The van der Waals surface area contributed by atoms with Crippen molar-refractivity contribution >= 4 is 5.91 Å². The highest BCUT2D eigenvalue weighted by Gasteiger charge is 2.19. The molecule has 0 unspecified atom stereocenters. The first-order valence-corrected chi connectivity index (χ1v) is 6.10. The van der Waals surface area contributed by atoms with E-state index in [4.69, 9.17) is 4.74 Å². The summed E-state index contributed by atoms with van der Waals surface area (Å²) in [4.78, 5) is 12.0. The Morgan fingerprint density at radius 1 is 1.56 bits per heavy atom. The molecule has 1 atom stereocenters. The molecule has 1 aliphatic heterocycles. The molecule has 0 aromatic heterocycles. The molecule has 1 amide bonds. The number of piperidine rings is 1. The number of phenolic OH excluding ortho intramolecular Hbond substituents is 1. The number of amides is 1. The third kappa shape index (κ3) is 2.73. The van der Waals surface area contributed by atoms with Crippen LogP contribution in [0, 0.1) is 0 Å². The topological polar surface area (TPSA) is 70.6 Å². The lowest BCUT2D eigenvalue weighted by atomic mass is 10.1. The maximum absolute atomic E-state index is 12.0. The van der Waals surface area contributed by atoms with Crippen LogP contribution in [0.25, 0.3) is 0 Å². The summed E-state index contributed by atoms with van der Waals surface area (Å²) in [5.74, 6) is -0.0641. The van der Waals surface area contributed by atoms with Crippen molar-refractivity contribution in [2.24, 2.45) is 0 Å². The van der Waals surface area contributed by atoms with Crippen molar-refractivity contribution in [3.8, 4) is 11.5 Å². The fourth-order valence-corrected chi connectivity index (χ4v) is 2.11. The molecule has 0 aliphatic carbocycles. The van der Waals surface area contributed by atoms with Crippen LogP contribution in [0.2, 0.25) is 0 Å². The number of hydrogen-bond acceptors (Lipinski definition) is 4. The summed E-state index contributed by atoms with van der Waals surface area (Å²) in [6.45, 7) is 1.77. The van der Waals surface area contributed by atoms with E-state index in [-0.39, 0.29) is 23.3 Å². The second-order valence-corrected chi connectivity index (χ2v) is 4.37. The van der Waals surface area contributed by atoms with Gasteiger partial charge in [0.15, 0.2) is 11.5 Å². The molecule has 18 heavy (non-hydrogen) atoms. The maximum atomic E-state index is 12.0. The Balaban J connectivity index is 2.08. The van der Waals surface area contributed by atoms with Gasteiger partial charge in [-0.05, 0) is 31.5 Å². The van der Waals surface area contributed by atoms with Crippen LogP contribution < -0.4 is 15.4 Å². The molecule has 0 bridgehead atoms. The Morgan fingerprint density at radius 3 is 3.06 bits per heavy atom. The number of aromatic hydroxyl groups is 1. The summed E-state index contributed by atoms with van der Waals surface area (Å²) in [6, 6.07) is 5.02. The number of para-hydroxylation sites is 1. The molecule has 1 aromatic carbocycles. The quantitative estimate of drug-likeness (QED) is 0.745. The van der Waals surface area contributed by atoms with Crippen LogP contribution in [0.4, 0.5) is 0 Å². The van der Waals surface area contributed by atoms with Crippen molar-refractivity contribution in [2.75, 3.05) is 20.2 Å². The highest BCUT2D eigenvalue weighted by atomic mass is 16.5. The molecule has 1 saturated heterocycles. The van der Waals surface area contributed by atoms with E-state index < -0.39 is 0 Å². The number of benzene rings is 1. The molecule has 2 rings (SSSR count).